The second-order valence-corrected chi connectivity index (χ2v) is 4.67. The third-order valence-corrected chi connectivity index (χ3v) is 2.59. The van der Waals surface area contributed by atoms with E-state index in [-0.39, 0.29) is 0 Å². The maximum atomic E-state index is 5.43. The first kappa shape index (κ1) is 12.9. The summed E-state index contributed by atoms with van der Waals surface area (Å²) in [6.45, 7) is 3.97. The van der Waals surface area contributed by atoms with Gasteiger partial charge in [-0.3, -0.25) is 0 Å². The molecule has 0 N–H and O–H groups in total. The number of nitrogens with zero attached hydrogens (tertiary/aromatic N) is 1. The van der Waals surface area contributed by atoms with Gasteiger partial charge in [0.05, 0.1) is 11.1 Å². The zero-order valence-electron chi connectivity index (χ0n) is 8.50. The molecule has 0 aromatic carbocycles. The van der Waals surface area contributed by atoms with Crippen LogP contribution < -0.4 is 4.74 Å². The Morgan fingerprint density at radius 3 is 2.73 bits per heavy atom. The SMILES string of the molecule is CCCOCCOc1ncc(Br)cc1Br. The molecule has 0 aliphatic rings. The molecule has 0 atom stereocenters. The summed E-state index contributed by atoms with van der Waals surface area (Å²) in [5.41, 5.74) is 0. The van der Waals surface area contributed by atoms with Crippen LogP contribution in [0.3, 0.4) is 0 Å². The zero-order valence-corrected chi connectivity index (χ0v) is 11.7. The minimum absolute atomic E-state index is 0.521. The van der Waals surface area contributed by atoms with Crippen molar-refractivity contribution in [2.75, 3.05) is 19.8 Å². The molecule has 0 aliphatic heterocycles. The van der Waals surface area contributed by atoms with Gasteiger partial charge in [-0.1, -0.05) is 6.92 Å². The van der Waals surface area contributed by atoms with Crippen LogP contribution in [0.5, 0.6) is 5.88 Å². The standard InChI is InChI=1S/C10H13Br2NO2/c1-2-3-14-4-5-15-10-9(12)6-8(11)7-13-10/h6-7H,2-5H2,1H3. The highest BCUT2D eigenvalue weighted by molar-refractivity contribution is 9.11. The van der Waals surface area contributed by atoms with Gasteiger partial charge in [-0.15, -0.1) is 0 Å². The normalized spacial score (nSPS) is 10.3. The second kappa shape index (κ2) is 7.19. The van der Waals surface area contributed by atoms with Crippen molar-refractivity contribution in [3.05, 3.63) is 21.2 Å². The summed E-state index contributed by atoms with van der Waals surface area (Å²) in [7, 11) is 0. The Morgan fingerprint density at radius 2 is 2.07 bits per heavy atom. The number of hydrogen-bond donors (Lipinski definition) is 0. The summed E-state index contributed by atoms with van der Waals surface area (Å²) >= 11 is 6.70. The average Bonchev–Trinajstić information content (AvgIpc) is 2.20. The van der Waals surface area contributed by atoms with Gasteiger partial charge in [-0.25, -0.2) is 4.98 Å². The molecule has 0 fully saturated rings. The van der Waals surface area contributed by atoms with Crippen molar-refractivity contribution in [3.8, 4) is 5.88 Å². The maximum Gasteiger partial charge on any atom is 0.228 e. The first-order valence-electron chi connectivity index (χ1n) is 4.75. The summed E-state index contributed by atoms with van der Waals surface area (Å²) in [5.74, 6) is 0.596. The molecule has 0 radical (unpaired) electrons. The van der Waals surface area contributed by atoms with Gasteiger partial charge in [0.1, 0.15) is 6.61 Å². The summed E-state index contributed by atoms with van der Waals surface area (Å²) < 4.78 is 12.5. The lowest BCUT2D eigenvalue weighted by atomic mass is 10.5. The molecule has 0 aliphatic carbocycles. The first-order valence-corrected chi connectivity index (χ1v) is 6.34. The smallest absolute Gasteiger partial charge is 0.228 e. The summed E-state index contributed by atoms with van der Waals surface area (Å²) in [5, 5.41) is 0. The Bertz CT molecular complexity index is 307. The Labute approximate surface area is 106 Å². The third-order valence-electron chi connectivity index (χ3n) is 1.59. The largest absolute Gasteiger partial charge is 0.474 e. The lowest BCUT2D eigenvalue weighted by molar-refractivity contribution is 0.0987. The van der Waals surface area contributed by atoms with E-state index in [0.717, 1.165) is 22.0 Å². The Balaban J connectivity index is 2.31. The topological polar surface area (TPSA) is 31.4 Å². The van der Waals surface area contributed by atoms with Crippen molar-refractivity contribution in [1.29, 1.82) is 0 Å². The quantitative estimate of drug-likeness (QED) is 0.745. The van der Waals surface area contributed by atoms with Crippen molar-refractivity contribution in [1.82, 2.24) is 4.98 Å². The van der Waals surface area contributed by atoms with E-state index in [0.29, 0.717) is 19.1 Å². The van der Waals surface area contributed by atoms with Crippen molar-refractivity contribution >= 4 is 31.9 Å². The average molecular weight is 339 g/mol. The molecular formula is C10H13Br2NO2. The van der Waals surface area contributed by atoms with Crippen LogP contribution in [0.15, 0.2) is 21.2 Å². The lowest BCUT2D eigenvalue weighted by Crippen LogP contribution is -2.08. The van der Waals surface area contributed by atoms with Gasteiger partial charge in [0.25, 0.3) is 0 Å². The van der Waals surface area contributed by atoms with Crippen molar-refractivity contribution in [2.24, 2.45) is 0 Å². The predicted molar refractivity (Wildman–Crippen MR) is 66.2 cm³/mol. The maximum absolute atomic E-state index is 5.43. The highest BCUT2D eigenvalue weighted by Gasteiger charge is 2.02. The minimum Gasteiger partial charge on any atom is -0.474 e. The molecule has 3 nitrogen and oxygen atoms in total. The predicted octanol–water partition coefficient (Wildman–Crippen LogP) is 3.41. The minimum atomic E-state index is 0.521. The van der Waals surface area contributed by atoms with Crippen LogP contribution in [-0.4, -0.2) is 24.8 Å². The van der Waals surface area contributed by atoms with E-state index >= 15 is 0 Å². The van der Waals surface area contributed by atoms with Crippen LogP contribution >= 0.6 is 31.9 Å². The molecule has 0 saturated heterocycles. The van der Waals surface area contributed by atoms with Crippen molar-refractivity contribution < 1.29 is 9.47 Å². The fraction of sp³-hybridized carbons (Fsp3) is 0.500. The Morgan fingerprint density at radius 1 is 1.27 bits per heavy atom. The van der Waals surface area contributed by atoms with Gasteiger partial charge in [0, 0.05) is 17.3 Å². The molecule has 15 heavy (non-hydrogen) atoms. The van der Waals surface area contributed by atoms with E-state index in [1.54, 1.807) is 6.20 Å². The molecule has 5 heteroatoms. The van der Waals surface area contributed by atoms with Crippen molar-refractivity contribution in [2.45, 2.75) is 13.3 Å². The molecule has 84 valence electrons. The molecule has 0 amide bonds. The zero-order chi connectivity index (χ0) is 11.1. The number of rotatable bonds is 6. The van der Waals surface area contributed by atoms with E-state index in [2.05, 4.69) is 43.8 Å². The highest BCUT2D eigenvalue weighted by Crippen LogP contribution is 2.25. The number of halogens is 2. The Kier molecular flexibility index (Phi) is 6.20. The molecule has 0 unspecified atom stereocenters. The van der Waals surface area contributed by atoms with Gasteiger partial charge in [0.15, 0.2) is 0 Å². The van der Waals surface area contributed by atoms with Crippen LogP contribution in [0.2, 0.25) is 0 Å². The number of ether oxygens (including phenoxy) is 2. The first-order chi connectivity index (χ1) is 7.24. The fourth-order valence-corrected chi connectivity index (χ4v) is 2.05. The van der Waals surface area contributed by atoms with Gasteiger partial charge >= 0.3 is 0 Å². The van der Waals surface area contributed by atoms with Crippen LogP contribution in [0.4, 0.5) is 0 Å². The van der Waals surface area contributed by atoms with E-state index in [1.807, 2.05) is 6.07 Å². The summed E-state index contributed by atoms with van der Waals surface area (Å²) in [4.78, 5) is 4.12. The van der Waals surface area contributed by atoms with E-state index in [1.165, 1.54) is 0 Å². The van der Waals surface area contributed by atoms with Crippen LogP contribution in [0, 0.1) is 0 Å². The third kappa shape index (κ3) is 4.95. The molecule has 1 rings (SSSR count). The van der Waals surface area contributed by atoms with Crippen LogP contribution in [0.25, 0.3) is 0 Å². The molecule has 1 heterocycles. The molecule has 1 aromatic rings. The summed E-state index contributed by atoms with van der Waals surface area (Å²) in [6.07, 6.45) is 2.73. The van der Waals surface area contributed by atoms with Gasteiger partial charge in [-0.2, -0.15) is 0 Å². The van der Waals surface area contributed by atoms with Gasteiger partial charge in [-0.05, 0) is 44.3 Å². The molecular weight excluding hydrogens is 326 g/mol. The van der Waals surface area contributed by atoms with E-state index in [9.17, 15) is 0 Å². The molecule has 0 spiro atoms. The van der Waals surface area contributed by atoms with Gasteiger partial charge in [0.2, 0.25) is 5.88 Å². The number of hydrogen-bond acceptors (Lipinski definition) is 3. The fourth-order valence-electron chi connectivity index (χ4n) is 0.952. The molecule has 1 aromatic heterocycles. The van der Waals surface area contributed by atoms with E-state index in [4.69, 9.17) is 9.47 Å². The second-order valence-electron chi connectivity index (χ2n) is 2.90. The molecule has 0 bridgehead atoms. The highest BCUT2D eigenvalue weighted by atomic mass is 79.9. The monoisotopic (exact) mass is 337 g/mol. The summed E-state index contributed by atoms with van der Waals surface area (Å²) in [6, 6.07) is 1.90. The molecule has 0 saturated carbocycles. The van der Waals surface area contributed by atoms with Crippen LogP contribution in [-0.2, 0) is 4.74 Å². The van der Waals surface area contributed by atoms with Gasteiger partial charge < -0.3 is 9.47 Å². The van der Waals surface area contributed by atoms with Crippen molar-refractivity contribution in [3.63, 3.8) is 0 Å². The van der Waals surface area contributed by atoms with E-state index < -0.39 is 0 Å². The number of aromatic nitrogens is 1. The Hall–Kier alpha value is -0.130. The number of pyridine rings is 1. The lowest BCUT2D eigenvalue weighted by Gasteiger charge is -2.07. The van der Waals surface area contributed by atoms with Crippen LogP contribution in [0.1, 0.15) is 13.3 Å².